The molecule has 0 fully saturated rings. The molecule has 4 nitrogen and oxygen atoms in total. The van der Waals surface area contributed by atoms with E-state index >= 15 is 0 Å². The summed E-state index contributed by atoms with van der Waals surface area (Å²) >= 11 is 1.53. The largest absolute Gasteiger partial charge is 0.338 e. The highest BCUT2D eigenvalue weighted by Crippen LogP contribution is 2.23. The molecule has 0 radical (unpaired) electrons. The lowest BCUT2D eigenvalue weighted by molar-refractivity contribution is 0.248. The minimum atomic E-state index is -0.110. The Morgan fingerprint density at radius 1 is 1.57 bits per heavy atom. The lowest BCUT2D eigenvalue weighted by Gasteiger charge is -2.13. The summed E-state index contributed by atoms with van der Waals surface area (Å²) in [6.07, 6.45) is 0. The van der Waals surface area contributed by atoms with Crippen LogP contribution in [0.15, 0.2) is 0 Å². The highest BCUT2D eigenvalue weighted by molar-refractivity contribution is 7.15. The van der Waals surface area contributed by atoms with E-state index in [-0.39, 0.29) is 6.03 Å². The van der Waals surface area contributed by atoms with E-state index in [0.717, 1.165) is 15.7 Å². The smallest absolute Gasteiger partial charge is 0.323 e. The summed E-state index contributed by atoms with van der Waals surface area (Å²) in [4.78, 5) is 18.4. The number of amides is 2. The number of hydrogen-bond donors (Lipinski definition) is 1. The first kappa shape index (κ1) is 11.0. The minimum Gasteiger partial charge on any atom is -0.338 e. The van der Waals surface area contributed by atoms with E-state index in [4.69, 9.17) is 0 Å². The lowest BCUT2D eigenvalue weighted by Crippen LogP contribution is -2.36. The summed E-state index contributed by atoms with van der Waals surface area (Å²) < 4.78 is 0. The van der Waals surface area contributed by atoms with Gasteiger partial charge in [-0.15, -0.1) is 11.3 Å². The number of urea groups is 1. The van der Waals surface area contributed by atoms with E-state index in [1.165, 1.54) is 16.2 Å². The quantitative estimate of drug-likeness (QED) is 0.815. The zero-order valence-corrected chi connectivity index (χ0v) is 9.73. The van der Waals surface area contributed by atoms with Crippen molar-refractivity contribution in [1.82, 2.24) is 10.3 Å². The molecule has 1 heterocycles. The van der Waals surface area contributed by atoms with Crippen molar-refractivity contribution in [3.63, 3.8) is 0 Å². The minimum absolute atomic E-state index is 0.110. The Balaban J connectivity index is 2.78. The molecule has 78 valence electrons. The Bertz CT molecular complexity index is 315. The molecular formula is C9H15N3OS. The van der Waals surface area contributed by atoms with Crippen molar-refractivity contribution in [2.24, 2.45) is 0 Å². The van der Waals surface area contributed by atoms with Gasteiger partial charge in [-0.25, -0.2) is 9.78 Å². The van der Waals surface area contributed by atoms with Crippen LogP contribution in [-0.4, -0.2) is 24.6 Å². The number of carbonyl (C=O) groups excluding carboxylic acids is 1. The highest BCUT2D eigenvalue weighted by Gasteiger charge is 2.13. The molecule has 0 unspecified atom stereocenters. The van der Waals surface area contributed by atoms with Gasteiger partial charge in [-0.2, -0.15) is 0 Å². The Kier molecular flexibility index (Phi) is 3.46. The van der Waals surface area contributed by atoms with Crippen LogP contribution in [0.1, 0.15) is 17.5 Å². The van der Waals surface area contributed by atoms with Gasteiger partial charge in [-0.3, -0.25) is 4.90 Å². The molecule has 1 aromatic heterocycles. The predicted molar refractivity (Wildman–Crippen MR) is 59.1 cm³/mol. The van der Waals surface area contributed by atoms with Gasteiger partial charge in [0.2, 0.25) is 0 Å². The molecule has 0 spiro atoms. The van der Waals surface area contributed by atoms with Crippen LogP contribution in [0.5, 0.6) is 0 Å². The van der Waals surface area contributed by atoms with Crippen molar-refractivity contribution in [3.05, 3.63) is 10.6 Å². The van der Waals surface area contributed by atoms with Crippen LogP contribution >= 0.6 is 11.3 Å². The Morgan fingerprint density at radius 2 is 2.21 bits per heavy atom. The van der Waals surface area contributed by atoms with Gasteiger partial charge >= 0.3 is 6.03 Å². The van der Waals surface area contributed by atoms with Crippen LogP contribution in [0.3, 0.4) is 0 Å². The van der Waals surface area contributed by atoms with Gasteiger partial charge in [-0.1, -0.05) is 0 Å². The zero-order chi connectivity index (χ0) is 10.7. The molecule has 0 atom stereocenters. The number of carbonyl (C=O) groups is 1. The summed E-state index contributed by atoms with van der Waals surface area (Å²) in [5.74, 6) is 0. The molecule has 1 N–H and O–H groups in total. The second-order valence-corrected chi connectivity index (χ2v) is 4.21. The van der Waals surface area contributed by atoms with E-state index < -0.39 is 0 Å². The van der Waals surface area contributed by atoms with Crippen LogP contribution in [-0.2, 0) is 0 Å². The summed E-state index contributed by atoms with van der Waals surface area (Å²) in [6.45, 7) is 6.47. The summed E-state index contributed by atoms with van der Waals surface area (Å²) in [6, 6.07) is -0.110. The van der Waals surface area contributed by atoms with Crippen molar-refractivity contribution in [1.29, 1.82) is 0 Å². The molecule has 14 heavy (non-hydrogen) atoms. The second kappa shape index (κ2) is 4.41. The fourth-order valence-electron chi connectivity index (χ4n) is 0.956. The summed E-state index contributed by atoms with van der Waals surface area (Å²) in [5, 5.41) is 3.47. The van der Waals surface area contributed by atoms with Crippen molar-refractivity contribution >= 4 is 22.5 Å². The van der Waals surface area contributed by atoms with Gasteiger partial charge in [0.1, 0.15) is 0 Å². The highest BCUT2D eigenvalue weighted by atomic mass is 32.1. The van der Waals surface area contributed by atoms with Gasteiger partial charge in [0.15, 0.2) is 5.13 Å². The van der Waals surface area contributed by atoms with Gasteiger partial charge in [0, 0.05) is 18.5 Å². The summed E-state index contributed by atoms with van der Waals surface area (Å²) in [7, 11) is 1.72. The number of hydrogen-bond acceptors (Lipinski definition) is 3. The van der Waals surface area contributed by atoms with Crippen LogP contribution in [0.25, 0.3) is 0 Å². The molecule has 1 aromatic rings. The van der Waals surface area contributed by atoms with Crippen LogP contribution < -0.4 is 10.2 Å². The monoisotopic (exact) mass is 213 g/mol. The van der Waals surface area contributed by atoms with Gasteiger partial charge in [0.05, 0.1) is 5.69 Å². The Hall–Kier alpha value is -1.10. The Labute approximate surface area is 88.0 Å². The number of nitrogens with one attached hydrogen (secondary N) is 1. The van der Waals surface area contributed by atoms with Gasteiger partial charge in [-0.05, 0) is 20.8 Å². The molecule has 2 amide bonds. The second-order valence-electron chi connectivity index (χ2n) is 3.03. The van der Waals surface area contributed by atoms with E-state index in [1.54, 1.807) is 7.05 Å². The van der Waals surface area contributed by atoms with Crippen LogP contribution in [0.4, 0.5) is 9.93 Å². The molecule has 0 aromatic carbocycles. The standard InChI is InChI=1S/C9H15N3OS/c1-5-10-8(13)12(4)9-11-6(2)7(3)14-9/h5H2,1-4H3,(H,10,13). The first-order valence-corrected chi connectivity index (χ1v) is 5.33. The Morgan fingerprint density at radius 3 is 2.64 bits per heavy atom. The molecule has 5 heteroatoms. The lowest BCUT2D eigenvalue weighted by atomic mass is 10.4. The van der Waals surface area contributed by atoms with Crippen LogP contribution in [0, 0.1) is 13.8 Å². The fraction of sp³-hybridized carbons (Fsp3) is 0.556. The predicted octanol–water partition coefficient (Wildman–Crippen LogP) is 1.93. The van der Waals surface area contributed by atoms with E-state index in [2.05, 4.69) is 10.3 Å². The number of anilines is 1. The molecule has 0 bridgehead atoms. The maximum atomic E-state index is 11.4. The average Bonchev–Trinajstić information content (AvgIpc) is 2.46. The first-order valence-electron chi connectivity index (χ1n) is 4.51. The number of rotatable bonds is 2. The maximum absolute atomic E-state index is 11.4. The van der Waals surface area contributed by atoms with Crippen molar-refractivity contribution in [3.8, 4) is 0 Å². The van der Waals surface area contributed by atoms with Crippen molar-refractivity contribution in [2.75, 3.05) is 18.5 Å². The molecule has 0 aliphatic heterocycles. The zero-order valence-electron chi connectivity index (χ0n) is 8.92. The SMILES string of the molecule is CCNC(=O)N(C)c1nc(C)c(C)s1. The van der Waals surface area contributed by atoms with Crippen LogP contribution in [0.2, 0.25) is 0 Å². The first-order chi connectivity index (χ1) is 6.56. The third-order valence-electron chi connectivity index (χ3n) is 1.94. The molecule has 1 rings (SSSR count). The number of aromatic nitrogens is 1. The average molecular weight is 213 g/mol. The van der Waals surface area contributed by atoms with Crippen molar-refractivity contribution < 1.29 is 4.79 Å². The fourth-order valence-corrected chi connectivity index (χ4v) is 1.83. The van der Waals surface area contributed by atoms with Crippen molar-refractivity contribution in [2.45, 2.75) is 20.8 Å². The number of thiazole rings is 1. The molecule has 0 saturated carbocycles. The van der Waals surface area contributed by atoms with Gasteiger partial charge < -0.3 is 5.32 Å². The molecule has 0 saturated heterocycles. The van der Waals surface area contributed by atoms with E-state index in [0.29, 0.717) is 6.54 Å². The molecular weight excluding hydrogens is 198 g/mol. The number of aryl methyl sites for hydroxylation is 2. The third-order valence-corrected chi connectivity index (χ3v) is 3.09. The topological polar surface area (TPSA) is 45.2 Å². The normalized spacial score (nSPS) is 10.0. The van der Waals surface area contributed by atoms with E-state index in [9.17, 15) is 4.79 Å². The van der Waals surface area contributed by atoms with E-state index in [1.807, 2.05) is 20.8 Å². The maximum Gasteiger partial charge on any atom is 0.323 e. The number of nitrogens with zero attached hydrogens (tertiary/aromatic N) is 2. The molecule has 0 aliphatic carbocycles. The molecule has 0 aliphatic rings. The third kappa shape index (κ3) is 2.23. The van der Waals surface area contributed by atoms with Gasteiger partial charge in [0.25, 0.3) is 0 Å². The summed E-state index contributed by atoms with van der Waals surface area (Å²) in [5.41, 5.74) is 0.987.